The number of rotatable bonds is 6. The minimum Gasteiger partial charge on any atom is -0.594 e. The fraction of sp³-hybridized carbons (Fsp3) is 0.111. The lowest BCUT2D eigenvalue weighted by Crippen LogP contribution is -2.27. The van der Waals surface area contributed by atoms with Crippen molar-refractivity contribution in [1.82, 2.24) is 5.32 Å². The van der Waals surface area contributed by atoms with E-state index < -0.39 is 13.8 Å². The Kier molecular flexibility index (Phi) is 4.99. The van der Waals surface area contributed by atoms with Gasteiger partial charge in [-0.25, -0.2) is 0 Å². The maximum atomic E-state index is 11.7. The van der Waals surface area contributed by atoms with Crippen LogP contribution in [0.2, 0.25) is 0 Å². The molecule has 3 rings (SSSR count). The third-order valence-corrected chi connectivity index (χ3v) is 4.44. The van der Waals surface area contributed by atoms with Crippen molar-refractivity contribution >= 4 is 8.03 Å². The Morgan fingerprint density at radius 1 is 0.870 bits per heavy atom. The summed E-state index contributed by atoms with van der Waals surface area (Å²) in [7, 11) is -2.73. The predicted octanol–water partition coefficient (Wildman–Crippen LogP) is 3.76. The standard InChI is InChI=1S/C18H16NO3P/c20-23(21)18(16-12-7-13-22-16)19-17(14-8-3-1-4-9-14)15-10-5-2-6-11-15/h1-13,17-19H. The molecular formula is C18H16NO3P. The summed E-state index contributed by atoms with van der Waals surface area (Å²) in [6.45, 7) is 0. The molecule has 1 heterocycles. The largest absolute Gasteiger partial charge is 0.594 e. The molecule has 5 heteroatoms. The zero-order chi connectivity index (χ0) is 16.1. The first-order chi connectivity index (χ1) is 11.3. The van der Waals surface area contributed by atoms with Crippen molar-refractivity contribution in [2.24, 2.45) is 0 Å². The third-order valence-electron chi connectivity index (χ3n) is 3.61. The Hall–Kier alpha value is -2.26. The maximum absolute atomic E-state index is 11.7. The number of hydrogen-bond acceptors (Lipinski definition) is 4. The van der Waals surface area contributed by atoms with E-state index in [1.54, 1.807) is 12.1 Å². The molecule has 1 N–H and O–H groups in total. The second-order valence-electron chi connectivity index (χ2n) is 5.12. The van der Waals surface area contributed by atoms with E-state index in [4.69, 9.17) is 4.42 Å². The number of benzene rings is 2. The Balaban J connectivity index is 1.97. The van der Waals surface area contributed by atoms with Gasteiger partial charge in [0.1, 0.15) is 0 Å². The van der Waals surface area contributed by atoms with E-state index in [0.717, 1.165) is 11.1 Å². The van der Waals surface area contributed by atoms with Crippen molar-refractivity contribution in [2.45, 2.75) is 11.8 Å². The zero-order valence-electron chi connectivity index (χ0n) is 12.3. The molecule has 0 spiro atoms. The van der Waals surface area contributed by atoms with E-state index in [9.17, 15) is 9.46 Å². The van der Waals surface area contributed by atoms with Gasteiger partial charge in [0.25, 0.3) is 5.78 Å². The van der Waals surface area contributed by atoms with Crippen LogP contribution in [0.3, 0.4) is 0 Å². The summed E-state index contributed by atoms with van der Waals surface area (Å²) < 4.78 is 17.0. The smallest absolute Gasteiger partial charge is 0.336 e. The van der Waals surface area contributed by atoms with Gasteiger partial charge >= 0.3 is 8.03 Å². The van der Waals surface area contributed by atoms with Crippen LogP contribution in [0.5, 0.6) is 0 Å². The van der Waals surface area contributed by atoms with Gasteiger partial charge in [0.05, 0.1) is 12.3 Å². The predicted molar refractivity (Wildman–Crippen MR) is 86.9 cm³/mol. The van der Waals surface area contributed by atoms with Gasteiger partial charge in [0.15, 0.2) is 5.76 Å². The normalized spacial score (nSPS) is 13.0. The van der Waals surface area contributed by atoms with E-state index in [-0.39, 0.29) is 6.04 Å². The molecule has 0 bridgehead atoms. The Labute approximate surface area is 135 Å². The van der Waals surface area contributed by atoms with Crippen LogP contribution in [0.4, 0.5) is 0 Å². The number of nitrogens with one attached hydrogen (secondary N) is 1. The van der Waals surface area contributed by atoms with Gasteiger partial charge in [-0.2, -0.15) is 0 Å². The Morgan fingerprint density at radius 3 is 1.87 bits per heavy atom. The highest BCUT2D eigenvalue weighted by Gasteiger charge is 2.30. The second-order valence-corrected chi connectivity index (χ2v) is 6.21. The Bertz CT molecular complexity index is 705. The topological polar surface area (TPSA) is 65.3 Å². The van der Waals surface area contributed by atoms with Gasteiger partial charge in [-0.05, 0) is 23.3 Å². The van der Waals surface area contributed by atoms with Gasteiger partial charge in [-0.15, -0.1) is 0 Å². The molecule has 0 saturated heterocycles. The fourth-order valence-corrected chi connectivity index (χ4v) is 3.15. The van der Waals surface area contributed by atoms with E-state index in [1.807, 2.05) is 60.7 Å². The highest BCUT2D eigenvalue weighted by molar-refractivity contribution is 7.36. The van der Waals surface area contributed by atoms with Gasteiger partial charge in [0.2, 0.25) is 0 Å². The lowest BCUT2D eigenvalue weighted by Gasteiger charge is -2.21. The molecule has 0 fully saturated rings. The highest BCUT2D eigenvalue weighted by Crippen LogP contribution is 2.36. The lowest BCUT2D eigenvalue weighted by molar-refractivity contribution is -0.167. The van der Waals surface area contributed by atoms with Crippen molar-refractivity contribution < 1.29 is 13.9 Å². The van der Waals surface area contributed by atoms with Crippen LogP contribution in [0.25, 0.3) is 0 Å². The van der Waals surface area contributed by atoms with Crippen LogP contribution >= 0.6 is 8.03 Å². The average molecular weight is 325 g/mol. The van der Waals surface area contributed by atoms with E-state index >= 15 is 0 Å². The van der Waals surface area contributed by atoms with Crippen LogP contribution in [0.1, 0.15) is 28.7 Å². The first-order valence-electron chi connectivity index (χ1n) is 7.28. The average Bonchev–Trinajstić information content (AvgIpc) is 3.11. The van der Waals surface area contributed by atoms with Crippen molar-refractivity contribution in [3.8, 4) is 0 Å². The Morgan fingerprint density at radius 2 is 1.43 bits per heavy atom. The summed E-state index contributed by atoms with van der Waals surface area (Å²) in [4.78, 5) is 11.7. The molecule has 3 aromatic rings. The van der Waals surface area contributed by atoms with Crippen LogP contribution in [0.15, 0.2) is 83.5 Å². The van der Waals surface area contributed by atoms with Crippen molar-refractivity contribution in [3.05, 3.63) is 95.9 Å². The molecule has 0 radical (unpaired) electrons. The first kappa shape index (κ1) is 15.6. The molecule has 0 aliphatic rings. The van der Waals surface area contributed by atoms with Crippen molar-refractivity contribution in [1.29, 1.82) is 0 Å². The molecule has 0 aliphatic heterocycles. The molecule has 0 aliphatic carbocycles. The molecule has 0 amide bonds. The molecule has 2 aromatic carbocycles. The summed E-state index contributed by atoms with van der Waals surface area (Å²) in [5, 5.41) is 3.20. The molecule has 2 atom stereocenters. The van der Waals surface area contributed by atoms with Crippen LogP contribution in [-0.2, 0) is 4.57 Å². The summed E-state index contributed by atoms with van der Waals surface area (Å²) in [5.41, 5.74) is 1.99. The van der Waals surface area contributed by atoms with Crippen LogP contribution in [0, 0.1) is 0 Å². The minimum atomic E-state index is -2.73. The first-order valence-corrected chi connectivity index (χ1v) is 8.53. The van der Waals surface area contributed by atoms with Gasteiger partial charge in [-0.3, -0.25) is 5.32 Å². The quantitative estimate of drug-likeness (QED) is 0.701. The summed E-state index contributed by atoms with van der Waals surface area (Å²) >= 11 is 0. The summed E-state index contributed by atoms with van der Waals surface area (Å²) in [5.74, 6) is -0.497. The van der Waals surface area contributed by atoms with E-state index in [2.05, 4.69) is 5.32 Å². The van der Waals surface area contributed by atoms with Crippen molar-refractivity contribution in [2.75, 3.05) is 0 Å². The summed E-state index contributed by atoms with van der Waals surface area (Å²) in [6, 6.07) is 22.6. The molecule has 0 saturated carbocycles. The van der Waals surface area contributed by atoms with E-state index in [1.165, 1.54) is 6.26 Å². The van der Waals surface area contributed by atoms with Gasteiger partial charge < -0.3 is 9.31 Å². The van der Waals surface area contributed by atoms with Crippen LogP contribution < -0.4 is 10.2 Å². The van der Waals surface area contributed by atoms with E-state index in [0.29, 0.717) is 5.76 Å². The monoisotopic (exact) mass is 325 g/mol. The highest BCUT2D eigenvalue weighted by atomic mass is 31.1. The minimum absolute atomic E-state index is 0.250. The zero-order valence-corrected chi connectivity index (χ0v) is 13.2. The SMILES string of the molecule is O=[P+]([O-])C(NC(c1ccccc1)c1ccccc1)c1ccco1. The summed E-state index contributed by atoms with van der Waals surface area (Å²) in [6.07, 6.45) is 1.48. The molecule has 2 unspecified atom stereocenters. The molecule has 4 nitrogen and oxygen atoms in total. The van der Waals surface area contributed by atoms with Crippen molar-refractivity contribution in [3.63, 3.8) is 0 Å². The van der Waals surface area contributed by atoms with Gasteiger partial charge in [-0.1, -0.05) is 65.2 Å². The third kappa shape index (κ3) is 3.74. The second kappa shape index (κ2) is 7.34. The molecule has 1 aromatic heterocycles. The molecule has 116 valence electrons. The number of furan rings is 1. The number of hydrogen-bond donors (Lipinski definition) is 1. The van der Waals surface area contributed by atoms with Gasteiger partial charge in [0, 0.05) is 0 Å². The fourth-order valence-electron chi connectivity index (χ4n) is 2.53. The van der Waals surface area contributed by atoms with Crippen LogP contribution in [-0.4, -0.2) is 0 Å². The lowest BCUT2D eigenvalue weighted by atomic mass is 9.98. The molecule has 23 heavy (non-hydrogen) atoms. The molecular weight excluding hydrogens is 309 g/mol. The maximum Gasteiger partial charge on any atom is 0.336 e.